The molecule has 0 saturated heterocycles. The summed E-state index contributed by atoms with van der Waals surface area (Å²) in [5, 5.41) is 9.66. The Balaban J connectivity index is 2.10. The number of pyridine rings is 1. The molecule has 0 bridgehead atoms. The first kappa shape index (κ1) is 18.9. The summed E-state index contributed by atoms with van der Waals surface area (Å²) < 4.78 is 78.9. The Morgan fingerprint density at radius 2 is 1.72 bits per heavy atom. The number of ether oxygens (including phenoxy) is 1. The first-order valence-corrected chi connectivity index (χ1v) is 7.12. The Morgan fingerprint density at radius 3 is 2.28 bits per heavy atom. The average Bonchev–Trinajstić information content (AvgIpc) is 2.49. The molecule has 1 aromatic carbocycles. The van der Waals surface area contributed by atoms with E-state index in [9.17, 15) is 31.4 Å². The van der Waals surface area contributed by atoms with Crippen molar-refractivity contribution in [3.63, 3.8) is 0 Å². The minimum atomic E-state index is -4.52. The van der Waals surface area contributed by atoms with E-state index in [1.807, 2.05) is 0 Å². The highest BCUT2D eigenvalue weighted by Crippen LogP contribution is 2.32. The van der Waals surface area contributed by atoms with Crippen LogP contribution in [-0.2, 0) is 6.18 Å². The number of halogens is 6. The number of aromatic hydroxyl groups is 1. The molecule has 1 heterocycles. The van der Waals surface area contributed by atoms with E-state index in [2.05, 4.69) is 4.98 Å². The topological polar surface area (TPSA) is 42.4 Å². The van der Waals surface area contributed by atoms with Gasteiger partial charge in [0.15, 0.2) is 0 Å². The molecule has 0 aliphatic rings. The fraction of sp³-hybridized carbons (Fsp3) is 0.312. The molecule has 9 heteroatoms. The van der Waals surface area contributed by atoms with Crippen molar-refractivity contribution in [2.75, 3.05) is 6.61 Å². The maximum absolute atomic E-state index is 12.5. The highest BCUT2D eigenvalue weighted by Gasteiger charge is 2.30. The Labute approximate surface area is 138 Å². The van der Waals surface area contributed by atoms with Gasteiger partial charge in [-0.1, -0.05) is 0 Å². The summed E-state index contributed by atoms with van der Waals surface area (Å²) in [4.78, 5) is 3.69. The number of nitrogens with zero attached hydrogens (tertiary/aromatic N) is 1. The molecule has 0 amide bonds. The van der Waals surface area contributed by atoms with Crippen LogP contribution in [0.15, 0.2) is 36.5 Å². The minimum absolute atomic E-state index is 0.0962. The number of benzene rings is 1. The van der Waals surface area contributed by atoms with Crippen LogP contribution in [0, 0.1) is 0 Å². The summed E-state index contributed by atoms with van der Waals surface area (Å²) in [6.07, 6.45) is -9.40. The van der Waals surface area contributed by atoms with Crippen molar-refractivity contribution in [2.45, 2.75) is 25.2 Å². The van der Waals surface area contributed by atoms with Crippen molar-refractivity contribution < 1.29 is 36.2 Å². The summed E-state index contributed by atoms with van der Waals surface area (Å²) in [7, 11) is 0. The molecule has 0 radical (unpaired) electrons. The Kier molecular flexibility index (Phi) is 5.44. The molecule has 0 unspecified atom stereocenters. The monoisotopic (exact) mass is 365 g/mol. The van der Waals surface area contributed by atoms with Gasteiger partial charge < -0.3 is 9.84 Å². The van der Waals surface area contributed by atoms with Crippen LogP contribution in [0.2, 0.25) is 0 Å². The third-order valence-electron chi connectivity index (χ3n) is 3.15. The molecule has 3 nitrogen and oxygen atoms in total. The molecule has 2 aromatic rings. The van der Waals surface area contributed by atoms with Gasteiger partial charge in [-0.2, -0.15) is 26.3 Å². The summed E-state index contributed by atoms with van der Waals surface area (Å²) in [6.45, 7) is -0.219. The average molecular weight is 365 g/mol. The van der Waals surface area contributed by atoms with E-state index in [1.165, 1.54) is 18.2 Å². The molecule has 0 atom stereocenters. The van der Waals surface area contributed by atoms with Gasteiger partial charge in [-0.05, 0) is 30.7 Å². The lowest BCUT2D eigenvalue weighted by Crippen LogP contribution is -2.09. The third kappa shape index (κ3) is 5.84. The van der Waals surface area contributed by atoms with Gasteiger partial charge in [0.25, 0.3) is 0 Å². The highest BCUT2D eigenvalue weighted by atomic mass is 19.4. The van der Waals surface area contributed by atoms with Crippen molar-refractivity contribution in [3.8, 4) is 22.8 Å². The number of rotatable bonds is 5. The van der Waals surface area contributed by atoms with Gasteiger partial charge in [0, 0.05) is 24.2 Å². The molecule has 2 rings (SSSR count). The van der Waals surface area contributed by atoms with Crippen molar-refractivity contribution >= 4 is 0 Å². The molecule has 0 aliphatic carbocycles. The lowest BCUT2D eigenvalue weighted by molar-refractivity contribution is -0.138. The zero-order valence-electron chi connectivity index (χ0n) is 12.7. The van der Waals surface area contributed by atoms with Crippen LogP contribution >= 0.6 is 0 Å². The quantitative estimate of drug-likeness (QED) is 0.585. The van der Waals surface area contributed by atoms with Crippen molar-refractivity contribution in [3.05, 3.63) is 42.1 Å². The van der Waals surface area contributed by atoms with Crippen LogP contribution in [0.3, 0.4) is 0 Å². The number of aromatic nitrogens is 1. The Hall–Kier alpha value is -2.45. The van der Waals surface area contributed by atoms with Gasteiger partial charge in [-0.25, -0.2) is 0 Å². The van der Waals surface area contributed by atoms with E-state index in [1.54, 1.807) is 0 Å². The predicted molar refractivity (Wildman–Crippen MR) is 77.1 cm³/mol. The minimum Gasteiger partial charge on any atom is -0.508 e. The lowest BCUT2D eigenvalue weighted by atomic mass is 10.1. The molecule has 0 saturated carbocycles. The van der Waals surface area contributed by atoms with Crippen molar-refractivity contribution in [1.29, 1.82) is 0 Å². The van der Waals surface area contributed by atoms with E-state index in [4.69, 9.17) is 4.74 Å². The van der Waals surface area contributed by atoms with E-state index in [-0.39, 0.29) is 35.8 Å². The van der Waals surface area contributed by atoms with E-state index < -0.39 is 24.3 Å². The molecule has 1 aromatic heterocycles. The van der Waals surface area contributed by atoms with Crippen LogP contribution in [0.5, 0.6) is 11.5 Å². The van der Waals surface area contributed by atoms with Crippen LogP contribution in [-0.4, -0.2) is 22.9 Å². The van der Waals surface area contributed by atoms with Gasteiger partial charge >= 0.3 is 12.4 Å². The van der Waals surface area contributed by atoms with Crippen molar-refractivity contribution in [1.82, 2.24) is 4.98 Å². The fourth-order valence-electron chi connectivity index (χ4n) is 2.01. The molecule has 25 heavy (non-hydrogen) atoms. The third-order valence-corrected chi connectivity index (χ3v) is 3.15. The van der Waals surface area contributed by atoms with Crippen LogP contribution in [0.4, 0.5) is 26.3 Å². The SMILES string of the molecule is Oc1cc(OCCCC(F)(F)F)cc(-c2ccc(C(F)(F)F)cn2)c1. The first-order valence-electron chi connectivity index (χ1n) is 7.12. The number of hydrogen-bond acceptors (Lipinski definition) is 3. The van der Waals surface area contributed by atoms with Gasteiger partial charge in [0.2, 0.25) is 0 Å². The first-order chi connectivity index (χ1) is 11.5. The smallest absolute Gasteiger partial charge is 0.417 e. The molecule has 1 N–H and O–H groups in total. The zero-order valence-corrected chi connectivity index (χ0v) is 12.7. The molecular formula is C16H13F6NO2. The summed E-state index contributed by atoms with van der Waals surface area (Å²) >= 11 is 0. The Morgan fingerprint density at radius 1 is 1.00 bits per heavy atom. The summed E-state index contributed by atoms with van der Waals surface area (Å²) in [5.74, 6) is -0.149. The number of hydrogen-bond donors (Lipinski definition) is 1. The molecule has 0 spiro atoms. The largest absolute Gasteiger partial charge is 0.508 e. The van der Waals surface area contributed by atoms with Crippen molar-refractivity contribution in [2.24, 2.45) is 0 Å². The van der Waals surface area contributed by atoms with Gasteiger partial charge in [0.05, 0.1) is 17.9 Å². The second kappa shape index (κ2) is 7.20. The van der Waals surface area contributed by atoms with E-state index >= 15 is 0 Å². The molecular weight excluding hydrogens is 352 g/mol. The van der Waals surface area contributed by atoms with E-state index in [0.717, 1.165) is 12.1 Å². The van der Waals surface area contributed by atoms with Crippen LogP contribution in [0.25, 0.3) is 11.3 Å². The normalized spacial score (nSPS) is 12.2. The second-order valence-electron chi connectivity index (χ2n) is 5.21. The van der Waals surface area contributed by atoms with E-state index in [0.29, 0.717) is 6.20 Å². The van der Waals surface area contributed by atoms with Gasteiger partial charge in [0.1, 0.15) is 11.5 Å². The lowest BCUT2D eigenvalue weighted by Gasteiger charge is -2.11. The highest BCUT2D eigenvalue weighted by molar-refractivity contribution is 5.63. The number of alkyl halides is 6. The maximum atomic E-state index is 12.5. The molecule has 0 aliphatic heterocycles. The second-order valence-corrected chi connectivity index (χ2v) is 5.21. The standard InChI is InChI=1S/C16H13F6NO2/c17-15(18,19)4-1-5-25-13-7-10(6-12(24)8-13)14-3-2-11(9-23-14)16(20,21)22/h2-3,6-9,24H,1,4-5H2. The van der Waals surface area contributed by atoms with Crippen LogP contribution in [0.1, 0.15) is 18.4 Å². The van der Waals surface area contributed by atoms with Gasteiger partial charge in [-0.3, -0.25) is 4.98 Å². The maximum Gasteiger partial charge on any atom is 0.417 e. The molecule has 136 valence electrons. The fourth-order valence-corrected chi connectivity index (χ4v) is 2.01. The Bertz CT molecular complexity index is 710. The summed E-state index contributed by atoms with van der Waals surface area (Å²) in [5.41, 5.74) is -0.483. The summed E-state index contributed by atoms with van der Waals surface area (Å²) in [6, 6.07) is 5.81. The van der Waals surface area contributed by atoms with Crippen LogP contribution < -0.4 is 4.74 Å². The zero-order chi connectivity index (χ0) is 18.7. The number of phenols is 1. The number of phenolic OH excluding ortho intramolecular Hbond substituents is 1. The molecule has 0 fully saturated rings. The van der Waals surface area contributed by atoms with Gasteiger partial charge in [-0.15, -0.1) is 0 Å². The predicted octanol–water partition coefficient (Wildman–Crippen LogP) is 5.19.